The van der Waals surface area contributed by atoms with Crippen molar-refractivity contribution in [1.29, 1.82) is 0 Å². The van der Waals surface area contributed by atoms with Gasteiger partial charge in [0.05, 0.1) is 0 Å². The summed E-state index contributed by atoms with van der Waals surface area (Å²) >= 11 is 0. The first-order chi connectivity index (χ1) is 6.43. The van der Waals surface area contributed by atoms with Gasteiger partial charge in [0.25, 0.3) is 0 Å². The molecule has 0 heterocycles. The molecule has 0 aliphatic carbocycles. The normalized spacial score (nSPS) is 14.3. The summed E-state index contributed by atoms with van der Waals surface area (Å²) in [6.45, 7) is 5.07. The van der Waals surface area contributed by atoms with Crippen LogP contribution in [0.1, 0.15) is 19.8 Å². The number of allylic oxidation sites excluding steroid dienone is 5. The Morgan fingerprint density at radius 3 is 2.36 bits per heavy atom. The van der Waals surface area contributed by atoms with E-state index in [1.54, 1.807) is 19.1 Å². The summed E-state index contributed by atoms with van der Waals surface area (Å²) in [6.07, 6.45) is 0.800. The molecule has 0 aliphatic heterocycles. The van der Waals surface area contributed by atoms with Crippen LogP contribution in [-0.2, 0) is 0 Å². The lowest BCUT2D eigenvalue weighted by atomic mass is 10.1. The molecule has 0 bridgehead atoms. The molecule has 14 heavy (non-hydrogen) atoms. The minimum absolute atomic E-state index is 0.204. The molecule has 0 aromatic rings. The van der Waals surface area contributed by atoms with Crippen molar-refractivity contribution < 1.29 is 13.2 Å². The van der Waals surface area contributed by atoms with Gasteiger partial charge in [-0.1, -0.05) is 31.7 Å². The molecule has 0 saturated heterocycles. The van der Waals surface area contributed by atoms with Crippen LogP contribution in [0.5, 0.6) is 0 Å². The van der Waals surface area contributed by atoms with Crippen LogP contribution in [0, 0.1) is 0 Å². The lowest BCUT2D eigenvalue weighted by molar-refractivity contribution is -0.0937. The standard InChI is InChI=1S/C10H14F3N/c1-3-5-6-7-8(4-2)9(14)10(11,12)13/h3,5-6H,1,4,7,14H2,2H3/b6-5-,9-8-. The molecule has 1 nitrogen and oxygen atoms in total. The van der Waals surface area contributed by atoms with E-state index in [-0.39, 0.29) is 12.0 Å². The molecule has 0 fully saturated rings. The molecule has 0 aromatic heterocycles. The Kier molecular flexibility index (Phi) is 5.05. The molecule has 0 rings (SSSR count). The van der Waals surface area contributed by atoms with E-state index in [0.29, 0.717) is 6.42 Å². The number of alkyl halides is 3. The van der Waals surface area contributed by atoms with E-state index in [2.05, 4.69) is 6.58 Å². The van der Waals surface area contributed by atoms with Gasteiger partial charge in [0, 0.05) is 0 Å². The van der Waals surface area contributed by atoms with Crippen molar-refractivity contribution in [2.45, 2.75) is 25.9 Å². The van der Waals surface area contributed by atoms with E-state index in [9.17, 15) is 13.2 Å². The zero-order valence-electron chi connectivity index (χ0n) is 8.06. The first-order valence-corrected chi connectivity index (χ1v) is 4.25. The Balaban J connectivity index is 4.68. The summed E-state index contributed by atoms with van der Waals surface area (Å²) in [7, 11) is 0. The Morgan fingerprint density at radius 2 is 2.00 bits per heavy atom. The average molecular weight is 205 g/mol. The lowest BCUT2D eigenvalue weighted by Crippen LogP contribution is -2.21. The maximum Gasteiger partial charge on any atom is 0.430 e. The maximum atomic E-state index is 12.2. The molecule has 0 atom stereocenters. The Bertz CT molecular complexity index is 249. The largest absolute Gasteiger partial charge is 0.430 e. The zero-order valence-corrected chi connectivity index (χ0v) is 8.06. The highest BCUT2D eigenvalue weighted by Gasteiger charge is 2.33. The molecule has 2 N–H and O–H groups in total. The SMILES string of the molecule is C=C/C=C\C/C(CC)=C(\N)C(F)(F)F. The van der Waals surface area contributed by atoms with Crippen molar-refractivity contribution in [2.75, 3.05) is 0 Å². The maximum absolute atomic E-state index is 12.2. The second-order valence-electron chi connectivity index (χ2n) is 2.74. The number of hydrogen-bond acceptors (Lipinski definition) is 1. The van der Waals surface area contributed by atoms with Crippen molar-refractivity contribution in [2.24, 2.45) is 5.73 Å². The lowest BCUT2D eigenvalue weighted by Gasteiger charge is -2.11. The van der Waals surface area contributed by atoms with Crippen LogP contribution < -0.4 is 5.73 Å². The Labute approximate surface area is 81.8 Å². The van der Waals surface area contributed by atoms with Gasteiger partial charge in [0.2, 0.25) is 0 Å². The number of rotatable bonds is 4. The molecule has 0 radical (unpaired) electrons. The molecule has 80 valence electrons. The molecular weight excluding hydrogens is 191 g/mol. The van der Waals surface area contributed by atoms with Gasteiger partial charge in [-0.05, 0) is 18.4 Å². The van der Waals surface area contributed by atoms with Gasteiger partial charge < -0.3 is 5.73 Å². The average Bonchev–Trinajstić information content (AvgIpc) is 2.10. The summed E-state index contributed by atoms with van der Waals surface area (Å²) in [5.41, 5.74) is 4.21. The predicted molar refractivity (Wildman–Crippen MR) is 51.5 cm³/mol. The predicted octanol–water partition coefficient (Wildman–Crippen LogP) is 3.30. The fourth-order valence-electron chi connectivity index (χ4n) is 0.952. The van der Waals surface area contributed by atoms with E-state index in [4.69, 9.17) is 5.73 Å². The van der Waals surface area contributed by atoms with Crippen LogP contribution in [0.3, 0.4) is 0 Å². The van der Waals surface area contributed by atoms with E-state index in [1.807, 2.05) is 0 Å². The smallest absolute Gasteiger partial charge is 0.395 e. The van der Waals surface area contributed by atoms with E-state index in [1.165, 1.54) is 6.08 Å². The quantitative estimate of drug-likeness (QED) is 0.700. The van der Waals surface area contributed by atoms with Crippen molar-refractivity contribution in [3.8, 4) is 0 Å². The first-order valence-electron chi connectivity index (χ1n) is 4.25. The van der Waals surface area contributed by atoms with Crippen molar-refractivity contribution in [1.82, 2.24) is 0 Å². The fourth-order valence-corrected chi connectivity index (χ4v) is 0.952. The molecule has 0 amide bonds. The highest BCUT2D eigenvalue weighted by atomic mass is 19.4. The molecular formula is C10H14F3N. The zero-order chi connectivity index (χ0) is 11.2. The van der Waals surface area contributed by atoms with Crippen molar-refractivity contribution in [3.63, 3.8) is 0 Å². The summed E-state index contributed by atoms with van der Waals surface area (Å²) < 4.78 is 36.5. The van der Waals surface area contributed by atoms with Crippen molar-refractivity contribution in [3.05, 3.63) is 36.1 Å². The second kappa shape index (κ2) is 5.52. The van der Waals surface area contributed by atoms with Gasteiger partial charge in [-0.2, -0.15) is 13.2 Å². The van der Waals surface area contributed by atoms with Crippen molar-refractivity contribution >= 4 is 0 Å². The number of halogens is 3. The minimum atomic E-state index is -4.42. The third-order valence-corrected chi connectivity index (χ3v) is 1.75. The molecule has 0 spiro atoms. The van der Waals surface area contributed by atoms with Crippen LogP contribution in [0.25, 0.3) is 0 Å². The van der Waals surface area contributed by atoms with Crippen LogP contribution in [0.15, 0.2) is 36.1 Å². The third kappa shape index (κ3) is 4.16. The van der Waals surface area contributed by atoms with E-state index in [0.717, 1.165) is 0 Å². The van der Waals surface area contributed by atoms with Gasteiger partial charge in [-0.15, -0.1) is 0 Å². The molecule has 0 aliphatic rings. The highest BCUT2D eigenvalue weighted by Crippen LogP contribution is 2.26. The van der Waals surface area contributed by atoms with Gasteiger partial charge in [-0.3, -0.25) is 0 Å². The van der Waals surface area contributed by atoms with Crippen LogP contribution >= 0.6 is 0 Å². The monoisotopic (exact) mass is 205 g/mol. The Morgan fingerprint density at radius 1 is 1.43 bits per heavy atom. The van der Waals surface area contributed by atoms with E-state index < -0.39 is 11.9 Å². The minimum Gasteiger partial charge on any atom is -0.395 e. The van der Waals surface area contributed by atoms with Crippen LogP contribution in [-0.4, -0.2) is 6.18 Å². The van der Waals surface area contributed by atoms with Gasteiger partial charge in [-0.25, -0.2) is 0 Å². The van der Waals surface area contributed by atoms with Gasteiger partial charge in [0.1, 0.15) is 5.70 Å². The highest BCUT2D eigenvalue weighted by molar-refractivity contribution is 5.19. The number of nitrogens with two attached hydrogens (primary N) is 1. The summed E-state index contributed by atoms with van der Waals surface area (Å²) in [4.78, 5) is 0. The summed E-state index contributed by atoms with van der Waals surface area (Å²) in [5, 5.41) is 0. The number of hydrogen-bond donors (Lipinski definition) is 1. The van der Waals surface area contributed by atoms with Crippen LogP contribution in [0.2, 0.25) is 0 Å². The topological polar surface area (TPSA) is 26.0 Å². The van der Waals surface area contributed by atoms with Gasteiger partial charge >= 0.3 is 6.18 Å². The van der Waals surface area contributed by atoms with Crippen LogP contribution in [0.4, 0.5) is 13.2 Å². The molecule has 0 saturated carbocycles. The fraction of sp³-hybridized carbons (Fsp3) is 0.400. The molecule has 0 unspecified atom stereocenters. The first kappa shape index (κ1) is 12.8. The second-order valence-corrected chi connectivity index (χ2v) is 2.74. The van der Waals surface area contributed by atoms with Gasteiger partial charge in [0.15, 0.2) is 0 Å². The Hall–Kier alpha value is -1.19. The summed E-state index contributed by atoms with van der Waals surface area (Å²) in [6, 6.07) is 0. The third-order valence-electron chi connectivity index (χ3n) is 1.75. The molecule has 0 aromatic carbocycles. The summed E-state index contributed by atoms with van der Waals surface area (Å²) in [5.74, 6) is 0. The molecule has 4 heteroatoms. The van der Waals surface area contributed by atoms with E-state index >= 15 is 0 Å².